The van der Waals surface area contributed by atoms with Crippen LogP contribution in [0.25, 0.3) is 0 Å². The summed E-state index contributed by atoms with van der Waals surface area (Å²) in [5.41, 5.74) is 5.62. The van der Waals surface area contributed by atoms with Gasteiger partial charge in [0.1, 0.15) is 5.75 Å². The first-order chi connectivity index (χ1) is 11.1. The largest absolute Gasteiger partial charge is 0.484 e. The summed E-state index contributed by atoms with van der Waals surface area (Å²) in [6.45, 7) is 3.81. The van der Waals surface area contributed by atoms with Gasteiger partial charge in [0.15, 0.2) is 6.61 Å². The van der Waals surface area contributed by atoms with Crippen molar-refractivity contribution in [2.45, 2.75) is 12.8 Å². The van der Waals surface area contributed by atoms with Crippen LogP contribution >= 0.6 is 12.4 Å². The first kappa shape index (κ1) is 18.5. The van der Waals surface area contributed by atoms with Gasteiger partial charge < -0.3 is 20.7 Å². The molecule has 1 aromatic rings. The quantitative estimate of drug-likeness (QED) is 0.847. The van der Waals surface area contributed by atoms with Crippen LogP contribution in [0, 0.1) is 11.8 Å². The highest BCUT2D eigenvalue weighted by Gasteiger charge is 2.31. The molecule has 2 saturated heterocycles. The summed E-state index contributed by atoms with van der Waals surface area (Å²) in [5.74, 6) is 1.53. The van der Waals surface area contributed by atoms with E-state index in [0.29, 0.717) is 23.1 Å². The van der Waals surface area contributed by atoms with Gasteiger partial charge in [-0.15, -0.1) is 12.4 Å². The van der Waals surface area contributed by atoms with Crippen LogP contribution in [0.5, 0.6) is 5.75 Å². The van der Waals surface area contributed by atoms with Crippen molar-refractivity contribution in [3.05, 3.63) is 29.8 Å². The van der Waals surface area contributed by atoms with Crippen molar-refractivity contribution in [2.24, 2.45) is 17.6 Å². The zero-order chi connectivity index (χ0) is 16.2. The van der Waals surface area contributed by atoms with Gasteiger partial charge in [0.25, 0.3) is 5.91 Å². The fraction of sp³-hybridized carbons (Fsp3) is 0.529. The molecule has 132 valence electrons. The highest BCUT2D eigenvalue weighted by atomic mass is 35.5. The molecule has 0 unspecified atom stereocenters. The number of hydrogen-bond donors (Lipinski definition) is 2. The summed E-state index contributed by atoms with van der Waals surface area (Å²) in [4.78, 5) is 25.3. The van der Waals surface area contributed by atoms with Crippen LogP contribution in [0.15, 0.2) is 24.3 Å². The molecule has 0 aromatic heterocycles. The smallest absolute Gasteiger partial charge is 0.260 e. The van der Waals surface area contributed by atoms with Crippen molar-refractivity contribution in [1.82, 2.24) is 10.2 Å². The van der Waals surface area contributed by atoms with Crippen LogP contribution in [-0.2, 0) is 4.79 Å². The molecule has 24 heavy (non-hydrogen) atoms. The van der Waals surface area contributed by atoms with E-state index < -0.39 is 5.91 Å². The van der Waals surface area contributed by atoms with Crippen molar-refractivity contribution in [3.63, 3.8) is 0 Å². The number of carbonyl (C=O) groups excluding carboxylic acids is 2. The van der Waals surface area contributed by atoms with Gasteiger partial charge in [-0.3, -0.25) is 9.59 Å². The highest BCUT2D eigenvalue weighted by Crippen LogP contribution is 2.27. The Hall–Kier alpha value is -1.79. The lowest BCUT2D eigenvalue weighted by Gasteiger charge is -2.21. The van der Waals surface area contributed by atoms with Crippen LogP contribution in [0.3, 0.4) is 0 Å². The predicted molar refractivity (Wildman–Crippen MR) is 93.4 cm³/mol. The maximum atomic E-state index is 12.3. The molecule has 6 nitrogen and oxygen atoms in total. The molecule has 2 fully saturated rings. The van der Waals surface area contributed by atoms with E-state index in [-0.39, 0.29) is 24.9 Å². The average Bonchev–Trinajstić information content (AvgIpc) is 2.91. The van der Waals surface area contributed by atoms with Gasteiger partial charge in [0.05, 0.1) is 0 Å². The monoisotopic (exact) mass is 353 g/mol. The Morgan fingerprint density at radius 3 is 2.25 bits per heavy atom. The third-order valence-corrected chi connectivity index (χ3v) is 4.87. The lowest BCUT2D eigenvalue weighted by molar-refractivity contribution is -0.133. The van der Waals surface area contributed by atoms with Crippen LogP contribution in [0.4, 0.5) is 0 Å². The molecule has 0 bridgehead atoms. The molecule has 2 heterocycles. The minimum Gasteiger partial charge on any atom is -0.484 e. The Morgan fingerprint density at radius 2 is 1.71 bits per heavy atom. The van der Waals surface area contributed by atoms with E-state index in [1.54, 1.807) is 24.3 Å². The van der Waals surface area contributed by atoms with Crippen LogP contribution in [0.1, 0.15) is 23.2 Å². The Labute approximate surface area is 148 Å². The number of hydrogen-bond acceptors (Lipinski definition) is 4. The Balaban J connectivity index is 0.00000208. The molecule has 2 aliphatic rings. The number of halogens is 1. The van der Waals surface area contributed by atoms with Crippen molar-refractivity contribution >= 4 is 24.2 Å². The van der Waals surface area contributed by atoms with E-state index in [4.69, 9.17) is 10.5 Å². The van der Waals surface area contributed by atoms with Crippen molar-refractivity contribution < 1.29 is 14.3 Å². The molecule has 0 aliphatic carbocycles. The first-order valence-electron chi connectivity index (χ1n) is 8.14. The Morgan fingerprint density at radius 1 is 1.12 bits per heavy atom. The molecule has 2 aliphatic heterocycles. The third kappa shape index (κ3) is 4.39. The zero-order valence-electron chi connectivity index (χ0n) is 13.6. The van der Waals surface area contributed by atoms with Gasteiger partial charge >= 0.3 is 0 Å². The summed E-state index contributed by atoms with van der Waals surface area (Å²) >= 11 is 0. The van der Waals surface area contributed by atoms with Crippen molar-refractivity contribution in [3.8, 4) is 5.75 Å². The molecule has 2 atom stereocenters. The number of fused-ring (bicyclic) bond motifs is 1. The van der Waals surface area contributed by atoms with Crippen molar-refractivity contribution in [2.75, 3.05) is 32.8 Å². The molecule has 3 rings (SSSR count). The standard InChI is InChI=1S/C17H23N3O3.ClH/c18-17(22)12-1-3-15(4-2-12)23-11-16(21)20-7-5-13-9-19-10-14(13)6-8-20;/h1-4,13-14,19H,5-11H2,(H2,18,22);1H/t13-,14+;. The lowest BCUT2D eigenvalue weighted by atomic mass is 9.92. The molecular formula is C17H24ClN3O3. The SMILES string of the molecule is Cl.NC(=O)c1ccc(OCC(=O)N2CC[C@@H]3CNC[C@@H]3CC2)cc1. The van der Waals surface area contributed by atoms with E-state index in [1.807, 2.05) is 4.90 Å². The topological polar surface area (TPSA) is 84.7 Å². The zero-order valence-corrected chi connectivity index (χ0v) is 14.4. The van der Waals surface area contributed by atoms with Gasteiger partial charge in [0, 0.05) is 18.7 Å². The maximum Gasteiger partial charge on any atom is 0.260 e. The van der Waals surface area contributed by atoms with E-state index in [0.717, 1.165) is 39.0 Å². The Bertz CT molecular complexity index is 565. The molecule has 2 amide bonds. The summed E-state index contributed by atoms with van der Waals surface area (Å²) < 4.78 is 5.53. The Kier molecular flexibility index (Phi) is 6.45. The van der Waals surface area contributed by atoms with Crippen molar-refractivity contribution in [1.29, 1.82) is 0 Å². The molecule has 1 aromatic carbocycles. The van der Waals surface area contributed by atoms with Gasteiger partial charge in [0.2, 0.25) is 5.91 Å². The fourth-order valence-electron chi connectivity index (χ4n) is 3.42. The first-order valence-corrected chi connectivity index (χ1v) is 8.14. The molecular weight excluding hydrogens is 330 g/mol. The lowest BCUT2D eigenvalue weighted by Crippen LogP contribution is -2.36. The molecule has 0 radical (unpaired) electrons. The molecule has 7 heteroatoms. The summed E-state index contributed by atoms with van der Waals surface area (Å²) in [7, 11) is 0. The summed E-state index contributed by atoms with van der Waals surface area (Å²) in [6, 6.07) is 6.52. The normalized spacial score (nSPS) is 22.9. The number of rotatable bonds is 4. The average molecular weight is 354 g/mol. The minimum atomic E-state index is -0.475. The third-order valence-electron chi connectivity index (χ3n) is 4.87. The second kappa shape index (κ2) is 8.35. The number of nitrogens with one attached hydrogen (secondary N) is 1. The number of likely N-dealkylation sites (tertiary alicyclic amines) is 1. The molecule has 0 saturated carbocycles. The number of benzene rings is 1. The number of nitrogens with two attached hydrogens (primary N) is 1. The van der Waals surface area contributed by atoms with Crippen LogP contribution in [0.2, 0.25) is 0 Å². The maximum absolute atomic E-state index is 12.3. The van der Waals surface area contributed by atoms with Crippen LogP contribution < -0.4 is 15.8 Å². The van der Waals surface area contributed by atoms with Crippen LogP contribution in [-0.4, -0.2) is 49.5 Å². The predicted octanol–water partition coefficient (Wildman–Crippen LogP) is 1.04. The number of primary amides is 1. The fourth-order valence-corrected chi connectivity index (χ4v) is 3.42. The second-order valence-electron chi connectivity index (χ2n) is 6.31. The molecule has 0 spiro atoms. The van der Waals surface area contributed by atoms with Gasteiger partial charge in [-0.25, -0.2) is 0 Å². The number of carbonyl (C=O) groups is 2. The van der Waals surface area contributed by atoms with Gasteiger partial charge in [-0.1, -0.05) is 0 Å². The second-order valence-corrected chi connectivity index (χ2v) is 6.31. The van der Waals surface area contributed by atoms with E-state index in [1.165, 1.54) is 0 Å². The number of ether oxygens (including phenoxy) is 1. The highest BCUT2D eigenvalue weighted by molar-refractivity contribution is 5.92. The van der Waals surface area contributed by atoms with Gasteiger partial charge in [-0.2, -0.15) is 0 Å². The van der Waals surface area contributed by atoms with Gasteiger partial charge in [-0.05, 0) is 62.0 Å². The number of amides is 2. The summed E-state index contributed by atoms with van der Waals surface area (Å²) in [6.07, 6.45) is 2.13. The van der Waals surface area contributed by atoms with E-state index in [2.05, 4.69) is 5.32 Å². The number of nitrogens with zero attached hydrogens (tertiary/aromatic N) is 1. The van der Waals surface area contributed by atoms with E-state index >= 15 is 0 Å². The minimum absolute atomic E-state index is 0. The summed E-state index contributed by atoms with van der Waals surface area (Å²) in [5, 5.41) is 3.43. The van der Waals surface area contributed by atoms with E-state index in [9.17, 15) is 9.59 Å². The molecule has 3 N–H and O–H groups in total.